The quantitative estimate of drug-likeness (QED) is 0.553. The number of amides is 1. The largest absolute Gasteiger partial charge is 0.445 e. The minimum atomic E-state index is -1.88. The van der Waals surface area contributed by atoms with Crippen molar-refractivity contribution in [1.82, 2.24) is 14.7 Å². The van der Waals surface area contributed by atoms with Gasteiger partial charge in [-0.05, 0) is 36.5 Å². The normalized spacial score (nSPS) is 20.5. The molecule has 158 valence electrons. The molecule has 0 aromatic carbocycles. The van der Waals surface area contributed by atoms with E-state index in [1.54, 1.807) is 4.90 Å². The third-order valence-electron chi connectivity index (χ3n) is 5.93. The molecule has 1 aromatic rings. The third-order valence-corrected chi connectivity index (χ3v) is 10.4. The predicted octanol–water partition coefficient (Wildman–Crippen LogP) is 3.24. The molecule has 0 saturated carbocycles. The van der Waals surface area contributed by atoms with Crippen LogP contribution in [-0.2, 0) is 29.2 Å². The molecule has 2 rings (SSSR count). The van der Waals surface area contributed by atoms with Crippen molar-refractivity contribution in [2.24, 2.45) is 7.05 Å². The van der Waals surface area contributed by atoms with Crippen LogP contribution in [0.5, 0.6) is 0 Å². The van der Waals surface area contributed by atoms with Crippen LogP contribution in [0.3, 0.4) is 0 Å². The van der Waals surface area contributed by atoms with Gasteiger partial charge in [0.05, 0.1) is 31.1 Å². The Hall–Kier alpha value is -1.64. The van der Waals surface area contributed by atoms with Crippen LogP contribution in [0.2, 0.25) is 18.1 Å². The number of ether oxygens (including phenoxy) is 1. The number of carbonyl (C=O) groups is 1. The minimum Gasteiger partial charge on any atom is -0.445 e. The zero-order chi connectivity index (χ0) is 21.1. The fourth-order valence-electron chi connectivity index (χ4n) is 3.11. The summed E-state index contributed by atoms with van der Waals surface area (Å²) in [6, 6.07) is -0.122. The molecule has 1 aromatic heterocycles. The number of β-amino-alcohol motifs (C(OH)–C–C–N with tert-alkyl or cyclic N) is 1. The molecule has 0 radical (unpaired) electrons. The van der Waals surface area contributed by atoms with Gasteiger partial charge in [0.1, 0.15) is 6.61 Å². The van der Waals surface area contributed by atoms with Crippen LogP contribution in [0.15, 0.2) is 18.9 Å². The van der Waals surface area contributed by atoms with Gasteiger partial charge in [-0.1, -0.05) is 33.4 Å². The van der Waals surface area contributed by atoms with Gasteiger partial charge in [-0.3, -0.25) is 4.68 Å². The lowest BCUT2D eigenvalue weighted by Gasteiger charge is -2.36. The van der Waals surface area contributed by atoms with Crippen LogP contribution in [0.25, 0.3) is 0 Å². The van der Waals surface area contributed by atoms with E-state index in [2.05, 4.69) is 45.5 Å². The lowest BCUT2D eigenvalue weighted by Crippen LogP contribution is -2.41. The maximum atomic E-state index is 12.3. The van der Waals surface area contributed by atoms with Gasteiger partial charge < -0.3 is 19.2 Å². The SMILES string of the molecule is C=CCOC(=O)N1CC(O)CC1Cc1cnn(C)c1CO[Si](C)(C)C(C)(C)C. The molecule has 28 heavy (non-hydrogen) atoms. The van der Waals surface area contributed by atoms with E-state index in [9.17, 15) is 9.90 Å². The number of hydrogen-bond acceptors (Lipinski definition) is 5. The van der Waals surface area contributed by atoms with Crippen molar-refractivity contribution in [3.05, 3.63) is 30.1 Å². The van der Waals surface area contributed by atoms with Crippen molar-refractivity contribution in [2.45, 2.75) is 70.5 Å². The van der Waals surface area contributed by atoms with Crippen molar-refractivity contribution in [3.63, 3.8) is 0 Å². The average molecular weight is 410 g/mol. The van der Waals surface area contributed by atoms with Crippen LogP contribution >= 0.6 is 0 Å². The van der Waals surface area contributed by atoms with Crippen molar-refractivity contribution < 1.29 is 19.1 Å². The Morgan fingerprint density at radius 1 is 1.46 bits per heavy atom. The Bertz CT molecular complexity index is 696. The number of rotatable bonds is 7. The number of aliphatic hydroxyl groups is 1. The molecule has 1 aliphatic rings. The van der Waals surface area contributed by atoms with Gasteiger partial charge in [-0.25, -0.2) is 4.79 Å². The van der Waals surface area contributed by atoms with Crippen molar-refractivity contribution >= 4 is 14.4 Å². The highest BCUT2D eigenvalue weighted by atomic mass is 28.4. The number of likely N-dealkylation sites (tertiary alicyclic amines) is 1. The van der Waals surface area contributed by atoms with Gasteiger partial charge in [-0.15, -0.1) is 0 Å². The molecule has 0 bridgehead atoms. The summed E-state index contributed by atoms with van der Waals surface area (Å²) >= 11 is 0. The van der Waals surface area contributed by atoms with Gasteiger partial charge in [0.25, 0.3) is 0 Å². The Kier molecular flexibility index (Phi) is 7.11. The average Bonchev–Trinajstić information content (AvgIpc) is 3.13. The first kappa shape index (κ1) is 22.6. The van der Waals surface area contributed by atoms with Gasteiger partial charge in [0.2, 0.25) is 0 Å². The number of nitrogens with zero attached hydrogens (tertiary/aromatic N) is 3. The first-order valence-electron chi connectivity index (χ1n) is 9.82. The Morgan fingerprint density at radius 3 is 2.75 bits per heavy atom. The molecule has 8 heteroatoms. The molecule has 0 spiro atoms. The summed E-state index contributed by atoms with van der Waals surface area (Å²) < 4.78 is 13.4. The van der Waals surface area contributed by atoms with Crippen molar-refractivity contribution in [3.8, 4) is 0 Å². The summed E-state index contributed by atoms with van der Waals surface area (Å²) in [5.41, 5.74) is 2.06. The summed E-state index contributed by atoms with van der Waals surface area (Å²) in [4.78, 5) is 13.9. The molecule has 1 aliphatic heterocycles. The molecule has 0 aliphatic carbocycles. The number of aryl methyl sites for hydroxylation is 1. The van der Waals surface area contributed by atoms with Crippen molar-refractivity contribution in [1.29, 1.82) is 0 Å². The second-order valence-corrected chi connectivity index (χ2v) is 13.9. The minimum absolute atomic E-state index is 0.122. The van der Waals surface area contributed by atoms with E-state index in [-0.39, 0.29) is 24.2 Å². The molecule has 1 fully saturated rings. The van der Waals surface area contributed by atoms with Crippen molar-refractivity contribution in [2.75, 3.05) is 13.2 Å². The molecule has 7 nitrogen and oxygen atoms in total. The molecular formula is C20H35N3O4Si. The highest BCUT2D eigenvalue weighted by Crippen LogP contribution is 2.37. The Labute approximate surface area is 169 Å². The lowest BCUT2D eigenvalue weighted by molar-refractivity contribution is 0.102. The van der Waals surface area contributed by atoms with E-state index < -0.39 is 20.5 Å². The number of carbonyl (C=O) groups excluding carboxylic acids is 1. The van der Waals surface area contributed by atoms with Gasteiger partial charge >= 0.3 is 6.09 Å². The fraction of sp³-hybridized carbons (Fsp3) is 0.700. The summed E-state index contributed by atoms with van der Waals surface area (Å²) in [7, 11) is 0.0266. The zero-order valence-electron chi connectivity index (χ0n) is 18.1. The number of aliphatic hydroxyl groups excluding tert-OH is 1. The summed E-state index contributed by atoms with van der Waals surface area (Å²) in [6.07, 6.45) is 3.57. The van der Waals surface area contributed by atoms with Crippen LogP contribution in [0, 0.1) is 0 Å². The molecule has 2 atom stereocenters. The van der Waals surface area contributed by atoms with Crippen LogP contribution in [0.1, 0.15) is 38.4 Å². The first-order valence-corrected chi connectivity index (χ1v) is 12.7. The second-order valence-electron chi connectivity index (χ2n) is 9.05. The molecule has 1 amide bonds. The van der Waals surface area contributed by atoms with E-state index in [0.717, 1.165) is 11.3 Å². The lowest BCUT2D eigenvalue weighted by atomic mass is 10.0. The summed E-state index contributed by atoms with van der Waals surface area (Å²) in [5.74, 6) is 0. The summed E-state index contributed by atoms with van der Waals surface area (Å²) in [5, 5.41) is 14.6. The van der Waals surface area contributed by atoms with Gasteiger partial charge in [-0.2, -0.15) is 5.10 Å². The second kappa shape index (κ2) is 8.80. The molecular weight excluding hydrogens is 374 g/mol. The van der Waals surface area contributed by atoms with E-state index in [1.165, 1.54) is 6.08 Å². The molecule has 1 N–H and O–H groups in total. The van der Waals surface area contributed by atoms with E-state index in [4.69, 9.17) is 9.16 Å². The van der Waals surface area contributed by atoms with E-state index in [0.29, 0.717) is 19.4 Å². The maximum absolute atomic E-state index is 12.3. The third kappa shape index (κ3) is 5.24. The first-order chi connectivity index (χ1) is 13.0. The highest BCUT2D eigenvalue weighted by Gasteiger charge is 2.38. The fourth-order valence-corrected chi connectivity index (χ4v) is 4.04. The maximum Gasteiger partial charge on any atom is 0.410 e. The molecule has 2 heterocycles. The number of hydrogen-bond donors (Lipinski definition) is 1. The Balaban J connectivity index is 2.12. The van der Waals surface area contributed by atoms with Crippen LogP contribution in [0.4, 0.5) is 4.79 Å². The van der Waals surface area contributed by atoms with Crippen LogP contribution < -0.4 is 0 Å². The highest BCUT2D eigenvalue weighted by molar-refractivity contribution is 6.74. The molecule has 1 saturated heterocycles. The number of aromatic nitrogens is 2. The monoisotopic (exact) mass is 409 g/mol. The van der Waals surface area contributed by atoms with Gasteiger partial charge in [0.15, 0.2) is 8.32 Å². The van der Waals surface area contributed by atoms with E-state index in [1.807, 2.05) is 17.9 Å². The zero-order valence-corrected chi connectivity index (χ0v) is 19.1. The smallest absolute Gasteiger partial charge is 0.410 e. The Morgan fingerprint density at radius 2 is 2.14 bits per heavy atom. The van der Waals surface area contributed by atoms with E-state index >= 15 is 0 Å². The van der Waals surface area contributed by atoms with Crippen LogP contribution in [-0.4, -0.2) is 59.5 Å². The predicted molar refractivity (Wildman–Crippen MR) is 112 cm³/mol. The topological polar surface area (TPSA) is 76.8 Å². The van der Waals surface area contributed by atoms with Gasteiger partial charge in [0, 0.05) is 13.1 Å². The molecule has 2 unspecified atom stereocenters. The standard InChI is InChI=1S/C20H35N3O4Si/c1-8-9-26-19(25)23-13-17(24)11-16(23)10-15-12-21-22(5)18(15)14-27-28(6,7)20(2,3)4/h8,12,16-17,24H,1,9-11,13-14H2,2-7H3. The summed E-state index contributed by atoms with van der Waals surface area (Å²) in [6.45, 7) is 15.6.